The van der Waals surface area contributed by atoms with Gasteiger partial charge in [0.15, 0.2) is 5.13 Å². The van der Waals surface area contributed by atoms with Crippen LogP contribution in [0.15, 0.2) is 78.2 Å². The maximum Gasteiger partial charge on any atom is 1.00 e. The van der Waals surface area contributed by atoms with Gasteiger partial charge in [-0.15, -0.1) is 11.3 Å². The van der Waals surface area contributed by atoms with Crippen molar-refractivity contribution in [1.29, 1.82) is 0 Å². The number of carboxylic acid groups (broad SMARTS) is 1. The first kappa shape index (κ1) is 31.3. The zero-order chi connectivity index (χ0) is 28.3. The standard InChI is InChI=1S/C34H39N3O2S.Na/c1-34(2)19-17-27(18-20-34)26-9-5-24(6-10-26)21-36(3)30-15-13-28(14-16-30)31-23-40-33(35-31)37(4)22-25-7-11-29(12-8-25)32(38)39;/h5-16,23,27H,17-22H2,1-4H3,(H,38,39);/q;+1/p-1. The van der Waals surface area contributed by atoms with Crippen LogP contribution in [0.3, 0.4) is 0 Å². The summed E-state index contributed by atoms with van der Waals surface area (Å²) in [5.41, 5.74) is 7.75. The molecule has 0 saturated heterocycles. The molecule has 0 N–H and O–H groups in total. The van der Waals surface area contributed by atoms with Gasteiger partial charge in [-0.25, -0.2) is 4.98 Å². The Bertz CT molecular complexity index is 1420. The smallest absolute Gasteiger partial charge is 0.545 e. The normalized spacial score (nSPS) is 14.7. The predicted molar refractivity (Wildman–Crippen MR) is 164 cm³/mol. The fraction of sp³-hybridized carbons (Fsp3) is 0.353. The van der Waals surface area contributed by atoms with E-state index in [0.717, 1.165) is 28.5 Å². The number of hydrogen-bond donors (Lipinski definition) is 0. The first-order valence-corrected chi connectivity index (χ1v) is 14.9. The molecule has 1 saturated carbocycles. The van der Waals surface area contributed by atoms with Crippen molar-refractivity contribution < 1.29 is 39.5 Å². The zero-order valence-electron chi connectivity index (χ0n) is 24.9. The molecule has 208 valence electrons. The van der Waals surface area contributed by atoms with Gasteiger partial charge in [-0.1, -0.05) is 74.5 Å². The molecule has 0 unspecified atom stereocenters. The van der Waals surface area contributed by atoms with Gasteiger partial charge in [0.25, 0.3) is 0 Å². The van der Waals surface area contributed by atoms with Crippen LogP contribution < -0.4 is 44.5 Å². The molecule has 3 aromatic carbocycles. The number of nitrogens with zero attached hydrogens (tertiary/aromatic N) is 3. The third-order valence-corrected chi connectivity index (χ3v) is 9.20. The minimum absolute atomic E-state index is 0. The van der Waals surface area contributed by atoms with Crippen molar-refractivity contribution in [2.24, 2.45) is 5.41 Å². The van der Waals surface area contributed by atoms with Gasteiger partial charge >= 0.3 is 29.6 Å². The van der Waals surface area contributed by atoms with Crippen molar-refractivity contribution in [3.05, 3.63) is 100 Å². The largest absolute Gasteiger partial charge is 1.00 e. The van der Waals surface area contributed by atoms with Crippen molar-refractivity contribution in [2.75, 3.05) is 23.9 Å². The summed E-state index contributed by atoms with van der Waals surface area (Å²) in [5, 5.41) is 14.0. The molecule has 0 amide bonds. The van der Waals surface area contributed by atoms with Crippen molar-refractivity contribution in [3.8, 4) is 11.3 Å². The van der Waals surface area contributed by atoms with Gasteiger partial charge in [-0.2, -0.15) is 0 Å². The second kappa shape index (κ2) is 13.6. The van der Waals surface area contributed by atoms with Crippen molar-refractivity contribution in [3.63, 3.8) is 0 Å². The van der Waals surface area contributed by atoms with Crippen molar-refractivity contribution >= 4 is 28.1 Å². The van der Waals surface area contributed by atoms with E-state index in [2.05, 4.69) is 84.6 Å². The summed E-state index contributed by atoms with van der Waals surface area (Å²) >= 11 is 1.60. The second-order valence-corrected chi connectivity index (χ2v) is 12.8. The van der Waals surface area contributed by atoms with Crippen LogP contribution >= 0.6 is 11.3 Å². The summed E-state index contributed by atoms with van der Waals surface area (Å²) in [5.74, 6) is -0.448. The van der Waals surface area contributed by atoms with Gasteiger partial charge < -0.3 is 19.7 Å². The molecule has 0 radical (unpaired) electrons. The van der Waals surface area contributed by atoms with Gasteiger partial charge in [0.1, 0.15) is 0 Å². The SMILES string of the molecule is CN(Cc1ccc(C2CCC(C)(C)CC2)cc1)c1ccc(-c2csc(N(C)Cc3ccc(C(=O)[O-])cc3)n2)cc1.[Na+]. The Morgan fingerprint density at radius 2 is 1.44 bits per heavy atom. The molecule has 1 aliphatic rings. The Morgan fingerprint density at radius 1 is 0.878 bits per heavy atom. The topological polar surface area (TPSA) is 59.5 Å². The number of aromatic carboxylic acids is 1. The fourth-order valence-electron chi connectivity index (χ4n) is 5.54. The van der Waals surface area contributed by atoms with Crippen LogP contribution in [0.2, 0.25) is 0 Å². The number of carbonyl (C=O) groups excluding carboxylic acids is 1. The number of rotatable bonds is 9. The molecule has 7 heteroatoms. The molecule has 1 heterocycles. The monoisotopic (exact) mass is 575 g/mol. The molecule has 0 bridgehead atoms. The average molecular weight is 576 g/mol. The molecule has 1 aromatic heterocycles. The van der Waals surface area contributed by atoms with Gasteiger partial charge in [0.2, 0.25) is 0 Å². The van der Waals surface area contributed by atoms with E-state index < -0.39 is 5.97 Å². The maximum atomic E-state index is 11.0. The minimum Gasteiger partial charge on any atom is -0.545 e. The second-order valence-electron chi connectivity index (χ2n) is 11.9. The summed E-state index contributed by atoms with van der Waals surface area (Å²) in [6.07, 6.45) is 5.24. The quantitative estimate of drug-likeness (QED) is 0.281. The Hall–Kier alpha value is -2.64. The van der Waals surface area contributed by atoms with Crippen molar-refractivity contribution in [2.45, 2.75) is 58.5 Å². The number of anilines is 2. The van der Waals surface area contributed by atoms with Crippen LogP contribution in [0.4, 0.5) is 10.8 Å². The Morgan fingerprint density at radius 3 is 2.02 bits per heavy atom. The number of aromatic nitrogens is 1. The van der Waals surface area contributed by atoms with Gasteiger partial charge in [0, 0.05) is 43.8 Å². The Labute approximate surface area is 270 Å². The van der Waals surface area contributed by atoms with Gasteiger partial charge in [-0.05, 0) is 71.4 Å². The number of benzene rings is 3. The Balaban J connectivity index is 0.00000387. The summed E-state index contributed by atoms with van der Waals surface area (Å²) in [7, 11) is 4.14. The van der Waals surface area contributed by atoms with Gasteiger partial charge in [-0.3, -0.25) is 0 Å². The number of carboxylic acids is 1. The number of hydrogen-bond acceptors (Lipinski definition) is 6. The van der Waals surface area contributed by atoms with Crippen LogP contribution in [-0.2, 0) is 13.1 Å². The summed E-state index contributed by atoms with van der Waals surface area (Å²) in [4.78, 5) is 20.2. The van der Waals surface area contributed by atoms with E-state index in [0.29, 0.717) is 17.9 Å². The van der Waals surface area contributed by atoms with E-state index in [-0.39, 0.29) is 35.1 Å². The molecule has 0 spiro atoms. The molecule has 4 aromatic rings. The summed E-state index contributed by atoms with van der Waals surface area (Å²) in [6, 6.07) is 24.7. The fourth-order valence-corrected chi connectivity index (χ4v) is 6.34. The van der Waals surface area contributed by atoms with Crippen LogP contribution in [0.1, 0.15) is 72.5 Å². The molecule has 1 aliphatic carbocycles. The van der Waals surface area contributed by atoms with E-state index in [1.165, 1.54) is 42.5 Å². The van der Waals surface area contributed by atoms with Crippen LogP contribution in [-0.4, -0.2) is 25.0 Å². The molecule has 0 atom stereocenters. The predicted octanol–water partition coefficient (Wildman–Crippen LogP) is 4.13. The minimum atomic E-state index is -1.16. The third kappa shape index (κ3) is 8.01. The number of carbonyl (C=O) groups is 1. The van der Waals surface area contributed by atoms with Crippen LogP contribution in [0.25, 0.3) is 11.3 Å². The molecule has 41 heavy (non-hydrogen) atoms. The summed E-state index contributed by atoms with van der Waals surface area (Å²) < 4.78 is 0. The molecular weight excluding hydrogens is 537 g/mol. The van der Waals surface area contributed by atoms with E-state index in [1.807, 2.05) is 19.2 Å². The zero-order valence-corrected chi connectivity index (χ0v) is 27.7. The van der Waals surface area contributed by atoms with Gasteiger partial charge in [0.05, 0.1) is 11.7 Å². The van der Waals surface area contributed by atoms with E-state index in [1.54, 1.807) is 23.5 Å². The van der Waals surface area contributed by atoms with Crippen molar-refractivity contribution in [1.82, 2.24) is 4.98 Å². The Kier molecular flexibility index (Phi) is 10.3. The average Bonchev–Trinajstić information content (AvgIpc) is 3.45. The molecule has 5 rings (SSSR count). The number of thiazole rings is 1. The summed E-state index contributed by atoms with van der Waals surface area (Å²) in [6.45, 7) is 6.31. The molecule has 1 fully saturated rings. The van der Waals surface area contributed by atoms with Crippen LogP contribution in [0, 0.1) is 5.41 Å². The molecular formula is C34H38N3NaO2S. The first-order chi connectivity index (χ1) is 19.2. The van der Waals surface area contributed by atoms with E-state index in [4.69, 9.17) is 4.98 Å². The maximum absolute atomic E-state index is 11.0. The van der Waals surface area contributed by atoms with E-state index in [9.17, 15) is 9.90 Å². The first-order valence-electron chi connectivity index (χ1n) is 14.0. The van der Waals surface area contributed by atoms with E-state index >= 15 is 0 Å². The molecule has 0 aliphatic heterocycles. The van der Waals surface area contributed by atoms with Crippen LogP contribution in [0.5, 0.6) is 0 Å². The molecule has 5 nitrogen and oxygen atoms in total. The third-order valence-electron chi connectivity index (χ3n) is 8.24.